The molecule has 0 radical (unpaired) electrons. The summed E-state index contributed by atoms with van der Waals surface area (Å²) in [6.45, 7) is 4.64. The molecule has 1 saturated heterocycles. The number of aryl methyl sites for hydroxylation is 2. The zero-order valence-corrected chi connectivity index (χ0v) is 12.0. The molecular weight excluding hydrogens is 270 g/mol. The first-order valence-electron chi connectivity index (χ1n) is 6.95. The van der Waals surface area contributed by atoms with Crippen LogP contribution in [0.2, 0.25) is 0 Å². The molecule has 2 heterocycles. The molecule has 3 rings (SSSR count). The first-order valence-corrected chi connectivity index (χ1v) is 6.95. The summed E-state index contributed by atoms with van der Waals surface area (Å²) in [5.41, 5.74) is 3.51. The van der Waals surface area contributed by atoms with E-state index in [0.29, 0.717) is 12.3 Å². The highest BCUT2D eigenvalue weighted by atomic mass is 16.5. The maximum atomic E-state index is 11.4. The SMILES string of the molecule is Cc1cc(C)cc(-n2nnc(C(=O)O)c2C2CCCO2)c1. The molecule has 1 unspecified atom stereocenters. The minimum absolute atomic E-state index is 0.0268. The Bertz CT molecular complexity index is 667. The van der Waals surface area contributed by atoms with Crippen molar-refractivity contribution in [3.8, 4) is 5.69 Å². The monoisotopic (exact) mass is 287 g/mol. The molecule has 1 atom stereocenters. The van der Waals surface area contributed by atoms with E-state index in [1.54, 1.807) is 4.68 Å². The van der Waals surface area contributed by atoms with Gasteiger partial charge in [0.1, 0.15) is 11.8 Å². The van der Waals surface area contributed by atoms with Crippen LogP contribution >= 0.6 is 0 Å². The van der Waals surface area contributed by atoms with E-state index in [1.165, 1.54) is 0 Å². The Hall–Kier alpha value is -2.21. The minimum atomic E-state index is -1.07. The van der Waals surface area contributed by atoms with Gasteiger partial charge in [-0.15, -0.1) is 5.10 Å². The van der Waals surface area contributed by atoms with Crippen molar-refractivity contribution in [3.63, 3.8) is 0 Å². The van der Waals surface area contributed by atoms with Gasteiger partial charge in [-0.3, -0.25) is 0 Å². The van der Waals surface area contributed by atoms with Gasteiger partial charge >= 0.3 is 5.97 Å². The van der Waals surface area contributed by atoms with E-state index in [1.807, 2.05) is 26.0 Å². The smallest absolute Gasteiger partial charge is 0.358 e. The molecule has 21 heavy (non-hydrogen) atoms. The van der Waals surface area contributed by atoms with Crippen molar-refractivity contribution in [3.05, 3.63) is 40.7 Å². The lowest BCUT2D eigenvalue weighted by atomic mass is 10.1. The van der Waals surface area contributed by atoms with Gasteiger partial charge in [-0.05, 0) is 49.9 Å². The van der Waals surface area contributed by atoms with Crippen LogP contribution in [0, 0.1) is 13.8 Å². The van der Waals surface area contributed by atoms with Gasteiger partial charge in [-0.1, -0.05) is 11.3 Å². The summed E-state index contributed by atoms with van der Waals surface area (Å²) in [6.07, 6.45) is 1.45. The van der Waals surface area contributed by atoms with Crippen LogP contribution < -0.4 is 0 Å². The number of carbonyl (C=O) groups is 1. The number of benzene rings is 1. The molecule has 6 nitrogen and oxygen atoms in total. The molecule has 1 aromatic heterocycles. The van der Waals surface area contributed by atoms with Gasteiger partial charge in [-0.2, -0.15) is 0 Å². The van der Waals surface area contributed by atoms with Crippen LogP contribution in [0.25, 0.3) is 5.69 Å². The highest BCUT2D eigenvalue weighted by Crippen LogP contribution is 2.31. The van der Waals surface area contributed by atoms with E-state index in [4.69, 9.17) is 4.74 Å². The molecule has 0 spiro atoms. The Balaban J connectivity index is 2.15. The van der Waals surface area contributed by atoms with Crippen molar-refractivity contribution in [1.29, 1.82) is 0 Å². The van der Waals surface area contributed by atoms with Crippen LogP contribution in [0.5, 0.6) is 0 Å². The average molecular weight is 287 g/mol. The number of ether oxygens (including phenoxy) is 1. The normalized spacial score (nSPS) is 18.1. The van der Waals surface area contributed by atoms with Crippen molar-refractivity contribution in [2.24, 2.45) is 0 Å². The summed E-state index contributed by atoms with van der Waals surface area (Å²) >= 11 is 0. The number of rotatable bonds is 3. The molecule has 2 aromatic rings. The maximum absolute atomic E-state index is 11.4. The first kappa shape index (κ1) is 13.8. The summed E-state index contributed by atoms with van der Waals surface area (Å²) in [5.74, 6) is -1.07. The topological polar surface area (TPSA) is 77.2 Å². The third-order valence-electron chi connectivity index (χ3n) is 3.59. The Morgan fingerprint density at radius 3 is 2.62 bits per heavy atom. The number of hydrogen-bond acceptors (Lipinski definition) is 4. The third kappa shape index (κ3) is 2.54. The fourth-order valence-corrected chi connectivity index (χ4v) is 2.79. The van der Waals surface area contributed by atoms with E-state index in [-0.39, 0.29) is 11.8 Å². The van der Waals surface area contributed by atoms with E-state index in [2.05, 4.69) is 16.4 Å². The number of nitrogens with zero attached hydrogens (tertiary/aromatic N) is 3. The Labute approximate surface area is 122 Å². The molecule has 1 aromatic carbocycles. The lowest BCUT2D eigenvalue weighted by Gasteiger charge is -2.13. The molecule has 0 aliphatic carbocycles. The van der Waals surface area contributed by atoms with Crippen molar-refractivity contribution in [2.45, 2.75) is 32.8 Å². The summed E-state index contributed by atoms with van der Waals surface area (Å²) < 4.78 is 7.24. The predicted molar refractivity (Wildman–Crippen MR) is 75.7 cm³/mol. The summed E-state index contributed by atoms with van der Waals surface area (Å²) in [6, 6.07) is 5.99. The van der Waals surface area contributed by atoms with Gasteiger partial charge in [0.25, 0.3) is 0 Å². The predicted octanol–water partition coefficient (Wildman–Crippen LogP) is 2.43. The van der Waals surface area contributed by atoms with Crippen LogP contribution in [0.15, 0.2) is 18.2 Å². The molecule has 1 aliphatic heterocycles. The fraction of sp³-hybridized carbons (Fsp3) is 0.400. The van der Waals surface area contributed by atoms with Crippen molar-refractivity contribution in [2.75, 3.05) is 6.61 Å². The molecule has 6 heteroatoms. The van der Waals surface area contributed by atoms with Crippen molar-refractivity contribution in [1.82, 2.24) is 15.0 Å². The van der Waals surface area contributed by atoms with E-state index < -0.39 is 5.97 Å². The number of hydrogen-bond donors (Lipinski definition) is 1. The second-order valence-electron chi connectivity index (χ2n) is 5.39. The van der Waals surface area contributed by atoms with Crippen molar-refractivity contribution >= 4 is 5.97 Å². The Kier molecular flexibility index (Phi) is 3.47. The van der Waals surface area contributed by atoms with E-state index >= 15 is 0 Å². The van der Waals surface area contributed by atoms with E-state index in [0.717, 1.165) is 29.7 Å². The Morgan fingerprint density at radius 2 is 2.05 bits per heavy atom. The van der Waals surface area contributed by atoms with Gasteiger partial charge in [0.2, 0.25) is 0 Å². The number of carboxylic acids is 1. The van der Waals surface area contributed by atoms with Crippen LogP contribution in [-0.2, 0) is 4.74 Å². The third-order valence-corrected chi connectivity index (χ3v) is 3.59. The second-order valence-corrected chi connectivity index (χ2v) is 5.39. The second kappa shape index (κ2) is 5.29. The molecule has 1 fully saturated rings. The highest BCUT2D eigenvalue weighted by Gasteiger charge is 2.30. The van der Waals surface area contributed by atoms with Gasteiger partial charge in [0.05, 0.1) is 5.69 Å². The zero-order chi connectivity index (χ0) is 15.0. The molecule has 0 amide bonds. The molecule has 0 bridgehead atoms. The molecule has 1 N–H and O–H groups in total. The number of aromatic carboxylic acids is 1. The summed E-state index contributed by atoms with van der Waals surface area (Å²) in [7, 11) is 0. The van der Waals surface area contributed by atoms with E-state index in [9.17, 15) is 9.90 Å². The molecule has 0 saturated carbocycles. The number of carboxylic acid groups (broad SMARTS) is 1. The molecule has 110 valence electrons. The van der Waals surface area contributed by atoms with Gasteiger partial charge in [-0.25, -0.2) is 9.48 Å². The fourth-order valence-electron chi connectivity index (χ4n) is 2.79. The minimum Gasteiger partial charge on any atom is -0.476 e. The molecule has 1 aliphatic rings. The summed E-state index contributed by atoms with van der Waals surface area (Å²) in [5, 5.41) is 17.2. The van der Waals surface area contributed by atoms with Crippen LogP contribution in [0.3, 0.4) is 0 Å². The first-order chi connectivity index (χ1) is 10.1. The average Bonchev–Trinajstić information content (AvgIpc) is 3.06. The molecular formula is C15H17N3O3. The lowest BCUT2D eigenvalue weighted by Crippen LogP contribution is -2.11. The summed E-state index contributed by atoms with van der Waals surface area (Å²) in [4.78, 5) is 11.4. The van der Waals surface area contributed by atoms with Crippen molar-refractivity contribution < 1.29 is 14.6 Å². The highest BCUT2D eigenvalue weighted by molar-refractivity contribution is 5.86. The Morgan fingerprint density at radius 1 is 1.33 bits per heavy atom. The lowest BCUT2D eigenvalue weighted by molar-refractivity contribution is 0.0673. The maximum Gasteiger partial charge on any atom is 0.358 e. The zero-order valence-electron chi connectivity index (χ0n) is 12.0. The van der Waals surface area contributed by atoms with Gasteiger partial charge in [0.15, 0.2) is 5.69 Å². The standard InChI is InChI=1S/C15H17N3O3/c1-9-6-10(2)8-11(7-9)18-14(12-4-3-5-21-12)13(15(19)20)16-17-18/h6-8,12H,3-5H2,1-2H3,(H,19,20). The van der Waals surface area contributed by atoms with Gasteiger partial charge in [0, 0.05) is 6.61 Å². The van der Waals surface area contributed by atoms with Crippen LogP contribution in [-0.4, -0.2) is 32.7 Å². The van der Waals surface area contributed by atoms with Crippen LogP contribution in [0.1, 0.15) is 46.3 Å². The van der Waals surface area contributed by atoms with Crippen LogP contribution in [0.4, 0.5) is 0 Å². The van der Waals surface area contributed by atoms with Gasteiger partial charge < -0.3 is 9.84 Å². The quantitative estimate of drug-likeness (QED) is 0.938. The largest absolute Gasteiger partial charge is 0.476 e. The number of aromatic nitrogens is 3.